The van der Waals surface area contributed by atoms with E-state index in [1.165, 1.54) is 0 Å². The van der Waals surface area contributed by atoms with Crippen molar-refractivity contribution in [2.75, 3.05) is 0 Å². The summed E-state index contributed by atoms with van der Waals surface area (Å²) in [6.45, 7) is 4.28. The quantitative estimate of drug-likeness (QED) is 0.816. The molecule has 3 nitrogen and oxygen atoms in total. The molecule has 0 unspecified atom stereocenters. The van der Waals surface area contributed by atoms with Crippen LogP contribution in [0.5, 0.6) is 5.75 Å². The summed E-state index contributed by atoms with van der Waals surface area (Å²) in [5.74, 6) is 0.244. The molecule has 1 aliphatic carbocycles. The van der Waals surface area contributed by atoms with Crippen molar-refractivity contribution in [3.8, 4) is 17.9 Å². The normalized spacial score (nSPS) is 16.7. The number of benzene rings is 1. The van der Waals surface area contributed by atoms with Gasteiger partial charge < -0.3 is 5.11 Å². The van der Waals surface area contributed by atoms with Crippen LogP contribution in [0.1, 0.15) is 32.3 Å². The van der Waals surface area contributed by atoms with Gasteiger partial charge >= 0.3 is 0 Å². The van der Waals surface area contributed by atoms with Crippen LogP contribution in [-0.4, -0.2) is 5.11 Å². The van der Waals surface area contributed by atoms with E-state index < -0.39 is 0 Å². The highest BCUT2D eigenvalue weighted by Gasteiger charge is 2.26. The SMILES string of the molecule is CC1(C)CC(/C=C/c2ccc(O)cc2)=CC(=C(C#N)C#N)C1. The summed E-state index contributed by atoms with van der Waals surface area (Å²) >= 11 is 0. The fourth-order valence-electron chi connectivity index (χ4n) is 2.68. The van der Waals surface area contributed by atoms with Gasteiger partial charge in [-0.05, 0) is 47.1 Å². The second-order valence-electron chi connectivity index (χ2n) is 6.29. The van der Waals surface area contributed by atoms with Crippen molar-refractivity contribution >= 4 is 6.08 Å². The lowest BCUT2D eigenvalue weighted by atomic mass is 9.74. The van der Waals surface area contributed by atoms with E-state index in [9.17, 15) is 5.11 Å². The molecule has 0 saturated heterocycles. The zero-order chi connectivity index (χ0) is 16.2. The first kappa shape index (κ1) is 15.6. The highest BCUT2D eigenvalue weighted by Crippen LogP contribution is 2.39. The maximum absolute atomic E-state index is 9.29. The summed E-state index contributed by atoms with van der Waals surface area (Å²) in [6.07, 6.45) is 7.57. The summed E-state index contributed by atoms with van der Waals surface area (Å²) in [7, 11) is 0. The van der Waals surface area contributed by atoms with Gasteiger partial charge in [-0.15, -0.1) is 0 Å². The molecule has 1 aromatic rings. The maximum atomic E-state index is 9.29. The van der Waals surface area contributed by atoms with E-state index >= 15 is 0 Å². The van der Waals surface area contributed by atoms with E-state index in [-0.39, 0.29) is 16.7 Å². The molecule has 1 N–H and O–H groups in total. The Kier molecular flexibility index (Phi) is 4.49. The molecule has 0 aliphatic heterocycles. The van der Waals surface area contributed by atoms with Gasteiger partial charge in [-0.1, -0.05) is 44.2 Å². The van der Waals surface area contributed by atoms with Gasteiger partial charge in [0.2, 0.25) is 0 Å². The molecule has 0 fully saturated rings. The third-order valence-corrected chi connectivity index (χ3v) is 3.64. The minimum atomic E-state index is 0.0255. The monoisotopic (exact) mass is 290 g/mol. The van der Waals surface area contributed by atoms with Gasteiger partial charge in [0, 0.05) is 0 Å². The van der Waals surface area contributed by atoms with Crippen molar-refractivity contribution < 1.29 is 5.11 Å². The molecule has 0 amide bonds. The predicted octanol–water partition coefficient (Wildman–Crippen LogP) is 4.50. The molecular weight excluding hydrogens is 272 g/mol. The summed E-state index contributed by atoms with van der Waals surface area (Å²) in [4.78, 5) is 0. The second kappa shape index (κ2) is 6.33. The fraction of sp³-hybridized carbons (Fsp3) is 0.263. The molecule has 0 bridgehead atoms. The molecule has 0 saturated carbocycles. The number of phenols is 1. The highest BCUT2D eigenvalue weighted by atomic mass is 16.3. The van der Waals surface area contributed by atoms with E-state index in [0.717, 1.165) is 29.6 Å². The van der Waals surface area contributed by atoms with Crippen LogP contribution in [0.25, 0.3) is 6.08 Å². The van der Waals surface area contributed by atoms with Crippen LogP contribution in [0.4, 0.5) is 0 Å². The van der Waals surface area contributed by atoms with Crippen molar-refractivity contribution in [3.05, 3.63) is 58.7 Å². The molecule has 0 heterocycles. The number of hydrogen-bond acceptors (Lipinski definition) is 3. The molecule has 0 atom stereocenters. The van der Waals surface area contributed by atoms with E-state index in [1.54, 1.807) is 12.1 Å². The van der Waals surface area contributed by atoms with Crippen LogP contribution in [0.2, 0.25) is 0 Å². The summed E-state index contributed by atoms with van der Waals surface area (Å²) in [6, 6.07) is 10.9. The van der Waals surface area contributed by atoms with Gasteiger partial charge in [0.1, 0.15) is 23.5 Å². The molecule has 0 radical (unpaired) electrons. The second-order valence-corrected chi connectivity index (χ2v) is 6.29. The summed E-state index contributed by atoms with van der Waals surface area (Å²) < 4.78 is 0. The minimum Gasteiger partial charge on any atom is -0.508 e. The first-order valence-corrected chi connectivity index (χ1v) is 7.14. The number of hydrogen-bond donors (Lipinski definition) is 1. The lowest BCUT2D eigenvalue weighted by Gasteiger charge is -2.30. The maximum Gasteiger partial charge on any atom is 0.132 e. The highest BCUT2D eigenvalue weighted by molar-refractivity contribution is 5.56. The minimum absolute atomic E-state index is 0.0255. The number of nitrogens with zero attached hydrogens (tertiary/aromatic N) is 2. The molecule has 0 aromatic heterocycles. The number of nitriles is 2. The van der Waals surface area contributed by atoms with E-state index in [4.69, 9.17) is 10.5 Å². The molecule has 110 valence electrons. The lowest BCUT2D eigenvalue weighted by Crippen LogP contribution is -2.17. The topological polar surface area (TPSA) is 67.8 Å². The van der Waals surface area contributed by atoms with Crippen LogP contribution in [0.3, 0.4) is 0 Å². The third-order valence-electron chi connectivity index (χ3n) is 3.64. The Balaban J connectivity index is 2.33. The largest absolute Gasteiger partial charge is 0.508 e. The lowest BCUT2D eigenvalue weighted by molar-refractivity contribution is 0.354. The van der Waals surface area contributed by atoms with Gasteiger partial charge in [-0.2, -0.15) is 10.5 Å². The van der Waals surface area contributed by atoms with E-state index in [0.29, 0.717) is 0 Å². The van der Waals surface area contributed by atoms with Crippen LogP contribution < -0.4 is 0 Å². The molecule has 2 rings (SSSR count). The number of aromatic hydroxyl groups is 1. The fourth-order valence-corrected chi connectivity index (χ4v) is 2.68. The molecule has 0 spiro atoms. The van der Waals surface area contributed by atoms with Crippen LogP contribution >= 0.6 is 0 Å². The standard InChI is InChI=1S/C19H18N2O/c1-19(2)10-15(9-16(11-19)17(12-20)13-21)4-3-14-5-7-18(22)8-6-14/h3-9,22H,10-11H2,1-2H3/b4-3+. The van der Waals surface area contributed by atoms with Gasteiger partial charge in [0.25, 0.3) is 0 Å². The van der Waals surface area contributed by atoms with Crippen molar-refractivity contribution in [3.63, 3.8) is 0 Å². The Hall–Kier alpha value is -2.78. The van der Waals surface area contributed by atoms with Crippen molar-refractivity contribution in [1.82, 2.24) is 0 Å². The Bertz CT molecular complexity index is 719. The zero-order valence-electron chi connectivity index (χ0n) is 12.8. The van der Waals surface area contributed by atoms with Crippen molar-refractivity contribution in [1.29, 1.82) is 10.5 Å². The Morgan fingerprint density at radius 1 is 1.09 bits per heavy atom. The number of phenolic OH excluding ortho intramolecular Hbond substituents is 1. The predicted molar refractivity (Wildman–Crippen MR) is 86.5 cm³/mol. The summed E-state index contributed by atoms with van der Waals surface area (Å²) in [5, 5.41) is 27.4. The van der Waals surface area contributed by atoms with Gasteiger partial charge in [-0.25, -0.2) is 0 Å². The van der Waals surface area contributed by atoms with Gasteiger partial charge in [-0.3, -0.25) is 0 Å². The van der Waals surface area contributed by atoms with Crippen LogP contribution in [-0.2, 0) is 0 Å². The smallest absolute Gasteiger partial charge is 0.132 e. The average Bonchev–Trinajstić information content (AvgIpc) is 2.46. The van der Waals surface area contributed by atoms with Gasteiger partial charge in [0.05, 0.1) is 0 Å². The number of rotatable bonds is 2. The molecule has 1 aromatic carbocycles. The summed E-state index contributed by atoms with van der Waals surface area (Å²) in [5.41, 5.74) is 3.13. The molecule has 1 aliphatic rings. The Labute approximate surface area is 131 Å². The zero-order valence-corrected chi connectivity index (χ0v) is 12.8. The van der Waals surface area contributed by atoms with E-state index in [2.05, 4.69) is 13.8 Å². The first-order valence-electron chi connectivity index (χ1n) is 7.14. The van der Waals surface area contributed by atoms with E-state index in [1.807, 2.05) is 42.5 Å². The molecule has 22 heavy (non-hydrogen) atoms. The Morgan fingerprint density at radius 2 is 1.73 bits per heavy atom. The number of allylic oxidation sites excluding steroid dienone is 5. The van der Waals surface area contributed by atoms with Crippen molar-refractivity contribution in [2.45, 2.75) is 26.7 Å². The van der Waals surface area contributed by atoms with Gasteiger partial charge in [0.15, 0.2) is 0 Å². The van der Waals surface area contributed by atoms with Crippen LogP contribution in [0, 0.1) is 28.1 Å². The Morgan fingerprint density at radius 3 is 2.32 bits per heavy atom. The third kappa shape index (κ3) is 3.87. The molecule has 3 heteroatoms. The average molecular weight is 290 g/mol. The van der Waals surface area contributed by atoms with Crippen LogP contribution in [0.15, 0.2) is 53.1 Å². The first-order chi connectivity index (χ1) is 10.4. The van der Waals surface area contributed by atoms with Crippen molar-refractivity contribution in [2.24, 2.45) is 5.41 Å². The molecular formula is C19H18N2O.